The highest BCUT2D eigenvalue weighted by atomic mass is 35.5. The number of carboxylic acid groups (broad SMARTS) is 1. The summed E-state index contributed by atoms with van der Waals surface area (Å²) in [6, 6.07) is 48.4. The number of hydrogen-bond donors (Lipinski definition) is 6. The molecule has 5 heterocycles. The van der Waals surface area contributed by atoms with Crippen molar-refractivity contribution < 1.29 is 130 Å². The molecule has 0 saturated carbocycles. The average Bonchev–Trinajstić information content (AvgIpc) is 1.35. The van der Waals surface area contributed by atoms with Crippen molar-refractivity contribution in [3.63, 3.8) is 0 Å². The summed E-state index contributed by atoms with van der Waals surface area (Å²) in [5, 5.41) is 20.7. The zero-order valence-electron chi connectivity index (χ0n) is 68.1. The van der Waals surface area contributed by atoms with Crippen LogP contribution in [0.1, 0.15) is 46.7 Å². The number of hydrogen-bond acceptors (Lipinski definition) is 30. The number of ether oxygens (including phenoxy) is 2. The van der Waals surface area contributed by atoms with E-state index in [2.05, 4.69) is 26.3 Å². The highest BCUT2D eigenvalue weighted by Gasteiger charge is 2.30. The summed E-state index contributed by atoms with van der Waals surface area (Å²) in [6.07, 6.45) is 6.57. The number of rotatable bonds is 35. The Morgan fingerprint density at radius 2 is 1.29 bits per heavy atom. The fourth-order valence-corrected chi connectivity index (χ4v) is 24.7. The summed E-state index contributed by atoms with van der Waals surface area (Å²) in [5.41, 5.74) is 1.65. The molecule has 0 bridgehead atoms. The molecule has 0 spiro atoms. The number of sulfone groups is 4. The van der Waals surface area contributed by atoms with Gasteiger partial charge >= 0.3 is 5.97 Å². The molecule has 0 saturated heterocycles. The monoisotopic (exact) mass is 2080 g/mol. The number of methoxy groups -OCH3 is 1. The van der Waals surface area contributed by atoms with Crippen molar-refractivity contribution in [2.75, 3.05) is 72.0 Å². The highest BCUT2D eigenvalue weighted by molar-refractivity contribution is 8.01. The number of carbonyl (C=O) groups is 1. The third kappa shape index (κ3) is 35.3. The van der Waals surface area contributed by atoms with Crippen LogP contribution < -0.4 is 28.6 Å². The maximum absolute atomic E-state index is 12.5. The predicted octanol–water partition coefficient (Wildman–Crippen LogP) is 10.9. The number of fused-ring (bicyclic) bond motifs is 1. The number of thiazole rings is 1. The topological polar surface area (TPSA) is 540 Å². The van der Waals surface area contributed by atoms with E-state index in [9.17, 15) is 93.5 Å². The number of nitrogens with one attached hydrogen (secondary N) is 2. The van der Waals surface area contributed by atoms with Crippen molar-refractivity contribution >= 4 is 200 Å². The Kier molecular flexibility index (Phi) is 38.8. The van der Waals surface area contributed by atoms with Crippen LogP contribution in [0, 0.1) is 6.92 Å². The summed E-state index contributed by atoms with van der Waals surface area (Å²) < 4.78 is 285. The number of thioether (sulfide) groups is 1. The summed E-state index contributed by atoms with van der Waals surface area (Å²) in [7, 11) is -36.7. The highest BCUT2D eigenvalue weighted by Crippen LogP contribution is 2.32. The molecular formula is C78H88Cl2N5O29S14+. The number of furan rings is 1. The molecule has 696 valence electrons. The lowest BCUT2D eigenvalue weighted by Gasteiger charge is -2.09. The first-order chi connectivity index (χ1) is 59.5. The van der Waals surface area contributed by atoms with Crippen molar-refractivity contribution in [2.45, 2.75) is 94.5 Å². The first-order valence-corrected chi connectivity index (χ1v) is 58.7. The molecule has 3 unspecified atom stereocenters. The zero-order chi connectivity index (χ0) is 94.9. The van der Waals surface area contributed by atoms with Gasteiger partial charge in [-0.15, -0.1) is 11.3 Å². The molecule has 0 fully saturated rings. The summed E-state index contributed by atoms with van der Waals surface area (Å²) >= 11 is 15.9. The van der Waals surface area contributed by atoms with Crippen molar-refractivity contribution in [1.29, 1.82) is 0 Å². The zero-order valence-corrected chi connectivity index (χ0v) is 81.0. The van der Waals surface area contributed by atoms with Gasteiger partial charge in [-0.25, -0.2) is 77.8 Å². The summed E-state index contributed by atoms with van der Waals surface area (Å²) in [6.45, 7) is 2.78. The summed E-state index contributed by atoms with van der Waals surface area (Å²) in [5.74, 6) is 7.97. The molecule has 0 aliphatic carbocycles. The maximum atomic E-state index is 12.5. The SMILES string of the molecule is C=S(=O)(O)CCCSc1sc2ccccc2[n+]1CCCS(=O)(=O)O.C=S(C)(=O)CCCOc1ccc(S(=O)(=O)Nc2cc(C)on2)cc1.COc1ccc(S(=O)(=O)CCc2ccco2)cc1C(=O)O.CS(=O)(=O)c1cccc(S(=O)(=O)c2ccc(Cl)c(Cl)c2)c1.NS(=O)(=O)c1ccc(CCNS(=O)(=O)c2cccs2)cc1.O=S1(=O)C=CC(OS(=O)(=O)c2ccccc2)C1. The Balaban J connectivity index is 0.000000211. The standard InChI is InChI=1S/C15H20N2O5S2.C14H19NO5S4.C14H14O6S.C13H10Cl2O4S2.C12H14N2O4S3.C10H10O5S2/c1-12-11-15(16-22-12)17-24(19,20)14-7-5-13(6-8-14)21-9-4-10-23(2,3)18;1-23(16,17)10-5-9-21-14-15(8-4-11-24(18,19)20)12-6-2-3-7-13(12)22-14;1-19-13-5-4-11(9-12(13)14(15)16)21(17,18)8-6-10-3-2-7-20-10;1-20(16,17)9-3-2-4-10(7-9)21(18,19)11-5-6-12(14)13(15)8-11;13-20(15,16)11-5-3-10(4-6-11)7-8-14-21(17,18)12-2-1-9-19-12;11-16(12)7-6-9(8-16)15-17(13,14)10-4-2-1-3-5-10/h5-8,11H,2,4,9-10H2,1,3H3,(H,16,17);2-3,6-7H,1,4-5,8-11H2,(H-,16,17,18,19,20);2-5,7,9H,6,8H2,1H3,(H,15,16);2-8H,1H3;1-6,9,14H,7-8H2,(H2,13,15,16);1-7,9H,8H2/p+1. The van der Waals surface area contributed by atoms with E-state index in [1.54, 1.807) is 102 Å². The van der Waals surface area contributed by atoms with E-state index < -0.39 is 121 Å². The van der Waals surface area contributed by atoms with E-state index >= 15 is 0 Å². The molecule has 0 amide bonds. The van der Waals surface area contributed by atoms with Crippen molar-refractivity contribution in [3.8, 4) is 11.5 Å². The van der Waals surface area contributed by atoms with Gasteiger partial charge in [-0.1, -0.05) is 94.3 Å². The lowest BCUT2D eigenvalue weighted by atomic mass is 10.2. The van der Waals surface area contributed by atoms with Gasteiger partial charge in [0.2, 0.25) is 35.4 Å². The number of nitrogens with zero attached hydrogens (tertiary/aromatic N) is 2. The number of primary sulfonamides is 1. The Hall–Kier alpha value is -8.45. The van der Waals surface area contributed by atoms with Crippen LogP contribution >= 0.6 is 57.6 Å². The van der Waals surface area contributed by atoms with Crippen LogP contribution in [0.5, 0.6) is 11.5 Å². The number of aromatic nitrogens is 2. The maximum Gasteiger partial charge on any atom is 0.339 e. The Morgan fingerprint density at radius 1 is 0.656 bits per heavy atom. The second-order valence-corrected chi connectivity index (χ2v) is 52.5. The average molecular weight is 2080 g/mol. The molecule has 1 aliphatic rings. The molecule has 7 N–H and O–H groups in total. The van der Waals surface area contributed by atoms with E-state index in [4.69, 9.17) is 60.6 Å². The lowest BCUT2D eigenvalue weighted by molar-refractivity contribution is -0.701. The van der Waals surface area contributed by atoms with Gasteiger partial charge in [0, 0.05) is 66.7 Å². The van der Waals surface area contributed by atoms with E-state index in [-0.39, 0.29) is 102 Å². The number of sulfonamides is 3. The van der Waals surface area contributed by atoms with Gasteiger partial charge in [0.15, 0.2) is 41.9 Å². The van der Waals surface area contributed by atoms with E-state index in [0.717, 1.165) is 55.3 Å². The number of carboxylic acids is 1. The summed E-state index contributed by atoms with van der Waals surface area (Å²) in [4.78, 5) is 11.0. The minimum Gasteiger partial charge on any atom is -0.496 e. The molecule has 4 aromatic heterocycles. The molecule has 50 heteroatoms. The molecule has 3 atom stereocenters. The van der Waals surface area contributed by atoms with Gasteiger partial charge in [0.25, 0.3) is 34.6 Å². The normalized spacial score (nSPS) is 14.3. The molecule has 11 aromatic rings. The fraction of sp³-hybridized carbons (Fsp3) is 0.244. The number of para-hydroxylation sites is 1. The second kappa shape index (κ2) is 46.6. The molecule has 7 aromatic carbocycles. The quantitative estimate of drug-likeness (QED) is 0.00536. The molecule has 128 heavy (non-hydrogen) atoms. The van der Waals surface area contributed by atoms with E-state index in [1.165, 1.54) is 117 Å². The van der Waals surface area contributed by atoms with Gasteiger partial charge in [0.1, 0.15) is 43.6 Å². The van der Waals surface area contributed by atoms with Gasteiger partial charge in [-0.3, -0.25) is 17.7 Å². The Bertz CT molecular complexity index is 7040. The van der Waals surface area contributed by atoms with Crippen LogP contribution in [0.15, 0.2) is 269 Å². The van der Waals surface area contributed by atoms with Crippen molar-refractivity contribution in [1.82, 2.24) is 9.88 Å². The number of halogens is 2. The molecule has 34 nitrogen and oxygen atoms in total. The number of nitrogens with two attached hydrogens (primary N) is 1. The Morgan fingerprint density at radius 3 is 1.86 bits per heavy atom. The lowest BCUT2D eigenvalue weighted by Crippen LogP contribution is -2.35. The Labute approximate surface area is 766 Å². The number of thiophene rings is 1. The molecular weight excluding hydrogens is 1990 g/mol. The van der Waals surface area contributed by atoms with Crippen LogP contribution in [0.2, 0.25) is 10.0 Å². The number of aromatic carboxylic acids is 1. The predicted molar refractivity (Wildman–Crippen MR) is 494 cm³/mol. The first kappa shape index (κ1) is 107. The minimum atomic E-state index is -3.96. The first-order valence-electron chi connectivity index (χ1n) is 36.8. The van der Waals surface area contributed by atoms with Crippen LogP contribution in [-0.2, 0) is 133 Å². The number of anilines is 1. The third-order valence-electron chi connectivity index (χ3n) is 16.8. The van der Waals surface area contributed by atoms with Crippen molar-refractivity contribution in [3.05, 3.63) is 250 Å². The minimum absolute atomic E-state index is 0.0118. The van der Waals surface area contributed by atoms with Crippen LogP contribution in [0.4, 0.5) is 5.82 Å². The second-order valence-electron chi connectivity index (χ2n) is 27.3. The van der Waals surface area contributed by atoms with Gasteiger partial charge in [-0.2, -0.15) is 21.4 Å². The van der Waals surface area contributed by atoms with Gasteiger partial charge in [-0.05, 0) is 204 Å². The van der Waals surface area contributed by atoms with E-state index in [1.807, 2.05) is 28.8 Å². The van der Waals surface area contributed by atoms with Crippen LogP contribution in [-0.4, -0.2) is 195 Å². The third-order valence-corrected chi connectivity index (χ3v) is 35.4. The van der Waals surface area contributed by atoms with Crippen LogP contribution in [0.25, 0.3) is 10.2 Å². The number of benzene rings is 7. The molecule has 0 radical (unpaired) electrons. The van der Waals surface area contributed by atoms with Gasteiger partial charge in [0.05, 0.1) is 91.4 Å². The molecule has 1 aliphatic heterocycles. The van der Waals surface area contributed by atoms with Crippen LogP contribution in [0.3, 0.4) is 0 Å². The molecule has 12 rings (SSSR count). The number of aryl methyl sites for hydroxylation is 3. The smallest absolute Gasteiger partial charge is 0.339 e. The van der Waals surface area contributed by atoms with E-state index in [0.29, 0.717) is 67.6 Å². The van der Waals surface area contributed by atoms with Crippen molar-refractivity contribution in [2.24, 2.45) is 5.14 Å². The fourth-order valence-electron chi connectivity index (χ4n) is 10.6. The largest absolute Gasteiger partial charge is 0.496 e. The van der Waals surface area contributed by atoms with Gasteiger partial charge < -0.3 is 28.1 Å².